The van der Waals surface area contributed by atoms with Crippen LogP contribution in [-0.4, -0.2) is 221 Å². The molecule has 3 aliphatic rings. The number of ether oxygens (including phenoxy) is 1. The molecular formula is C74H100N20O17. The van der Waals surface area contributed by atoms with Crippen LogP contribution in [0.2, 0.25) is 0 Å². The number of nitrogens with zero attached hydrogens (tertiary/aromatic N) is 1. The van der Waals surface area contributed by atoms with Gasteiger partial charge in [-0.15, -0.1) is 0 Å². The molecular weight excluding hydrogens is 1440 g/mol. The Morgan fingerprint density at radius 2 is 1.19 bits per heavy atom. The number of guanidine groups is 2. The SMILES string of the molecule is CC=CC[C@H](NC(=O)CNC(=O)OCC1c2ccccc2-c2ccccc21)C(=O)N[C@H]1CCCC(C(N)=O)NC(=O)[C@H](CCCNC(=N)N)NC(=O)[C@H](Cc2cc3ccccc3[nH]2)NC(=O)[C@H](C)NC(=O)[C@H](CC=CC)NC(=O)[C@H](CCCNC(=N)N)NC(=O)C2CCCN2C(=O)[C@H](CC(=O)O)NC(=O)[C@H](CO)NC1=O. The lowest BCUT2D eigenvalue weighted by atomic mass is 9.98. The second-order valence-electron chi connectivity index (χ2n) is 27.0. The zero-order valence-electron chi connectivity index (χ0n) is 61.9. The lowest BCUT2D eigenvalue weighted by Gasteiger charge is -2.30. The predicted molar refractivity (Wildman–Crippen MR) is 404 cm³/mol. The minimum Gasteiger partial charge on any atom is -0.481 e. The Labute approximate surface area is 639 Å². The number of carboxylic acid groups (broad SMARTS) is 1. The maximum absolute atomic E-state index is 14.8. The van der Waals surface area contributed by atoms with E-state index in [1.807, 2.05) is 48.5 Å². The summed E-state index contributed by atoms with van der Waals surface area (Å²) in [6.07, 6.45) is 2.10. The molecule has 0 radical (unpaired) electrons. The molecule has 2 aliphatic heterocycles. The number of aromatic amines is 1. The molecule has 598 valence electrons. The smallest absolute Gasteiger partial charge is 0.407 e. The van der Waals surface area contributed by atoms with E-state index in [4.69, 9.17) is 32.8 Å². The Bertz CT molecular complexity index is 4050. The first-order valence-corrected chi connectivity index (χ1v) is 36.6. The molecule has 0 saturated carbocycles. The van der Waals surface area contributed by atoms with Crippen LogP contribution in [0.25, 0.3) is 22.0 Å². The van der Waals surface area contributed by atoms with Crippen molar-refractivity contribution in [2.75, 3.05) is 39.4 Å². The third-order valence-corrected chi connectivity index (χ3v) is 18.8. The monoisotopic (exact) mass is 1540 g/mol. The summed E-state index contributed by atoms with van der Waals surface area (Å²) in [4.78, 5) is 202. The molecule has 11 atom stereocenters. The largest absolute Gasteiger partial charge is 0.481 e. The fraction of sp³-hybridized carbons (Fsp3) is 0.459. The normalized spacial score (nSPS) is 22.6. The van der Waals surface area contributed by atoms with E-state index in [0.717, 1.165) is 32.5 Å². The number of carbonyl (C=O) groups excluding carboxylic acids is 13. The van der Waals surface area contributed by atoms with Gasteiger partial charge in [0.25, 0.3) is 0 Å². The van der Waals surface area contributed by atoms with Crippen LogP contribution in [0.5, 0.6) is 0 Å². The van der Waals surface area contributed by atoms with Gasteiger partial charge < -0.3 is 111 Å². The Kier molecular flexibility index (Phi) is 32.7. The van der Waals surface area contributed by atoms with E-state index in [2.05, 4.69) is 74.1 Å². The predicted octanol–water partition coefficient (Wildman–Crippen LogP) is -2.30. The first-order chi connectivity index (χ1) is 53.1. The van der Waals surface area contributed by atoms with Crippen LogP contribution >= 0.6 is 0 Å². The maximum Gasteiger partial charge on any atom is 0.407 e. The van der Waals surface area contributed by atoms with Crippen LogP contribution in [-0.2, 0) is 73.5 Å². The molecule has 0 bridgehead atoms. The number of aliphatic carboxylic acids is 1. The van der Waals surface area contributed by atoms with Crippen LogP contribution in [0.3, 0.4) is 0 Å². The van der Waals surface area contributed by atoms with Crippen molar-refractivity contribution in [3.63, 3.8) is 0 Å². The summed E-state index contributed by atoms with van der Waals surface area (Å²) in [6.45, 7) is 2.37. The number of fused-ring (bicyclic) bond motifs is 5. The van der Waals surface area contributed by atoms with Crippen LogP contribution in [0.15, 0.2) is 103 Å². The molecule has 1 aromatic heterocycles. The summed E-state index contributed by atoms with van der Waals surface area (Å²) >= 11 is 0. The molecule has 4 aromatic rings. The standard InChI is InChI=1S/C74H100N20O17/c1-4-6-23-50(85-59(96)37-82-74(110)111-39-47-45-21-11-9-19-43(45)44-20-10-12-22-46(44)47)64(102)88-52-27-14-26-49(61(75)99)86-65(103)53(28-15-31-80-72(76)77)89-68(106)55(35-42-34-41-18-8-13-25-48(41)84-42)91-62(100)40(3)83-63(101)51(24-7-5-2)87-66(104)54(29-16-32-81-73(78)79)90-70(108)58-30-17-33-94(58)71(109)56(36-60(97)98)92-69(107)57(38-95)93-67(52)105/h4-13,18-22,25,34,40,47,49-58,84,95H,14-17,23-24,26-33,35-39H2,1-3H3,(H2,75,99)(H,82,110)(H,83,101)(H,85,96)(H,86,103)(H,87,104)(H,88,102)(H,89,106)(H,90,108)(H,91,100)(H,92,107)(H,93,105)(H,97,98)(H4,76,77,80)(H4,78,79,81)/t40-,49?,50-,51-,52-,53-,54-,55-,56-,57-,58?/m0/s1. The van der Waals surface area contributed by atoms with Crippen molar-refractivity contribution in [1.29, 1.82) is 10.8 Å². The van der Waals surface area contributed by atoms with Gasteiger partial charge in [0.1, 0.15) is 79.6 Å². The number of alkyl carbamates (subject to hydrolysis) is 1. The molecule has 111 heavy (non-hydrogen) atoms. The van der Waals surface area contributed by atoms with Gasteiger partial charge in [0, 0.05) is 43.2 Å². The highest BCUT2D eigenvalue weighted by molar-refractivity contribution is 6.01. The second kappa shape index (κ2) is 42.3. The van der Waals surface area contributed by atoms with Gasteiger partial charge in [0.15, 0.2) is 11.9 Å². The van der Waals surface area contributed by atoms with E-state index in [1.54, 1.807) is 56.3 Å². The van der Waals surface area contributed by atoms with Crippen molar-refractivity contribution in [3.05, 3.63) is 120 Å². The molecule has 24 N–H and O–H groups in total. The zero-order chi connectivity index (χ0) is 80.8. The highest BCUT2D eigenvalue weighted by Crippen LogP contribution is 2.44. The average Bonchev–Trinajstić information content (AvgIpc) is 1.61. The van der Waals surface area contributed by atoms with Crippen molar-refractivity contribution in [3.8, 4) is 11.1 Å². The van der Waals surface area contributed by atoms with Gasteiger partial charge in [-0.2, -0.15) is 0 Å². The van der Waals surface area contributed by atoms with E-state index in [-0.39, 0.29) is 96.4 Å². The minimum absolute atomic E-state index is 0.00437. The van der Waals surface area contributed by atoms with E-state index in [9.17, 15) is 77.3 Å². The van der Waals surface area contributed by atoms with Crippen LogP contribution in [0.4, 0.5) is 4.79 Å². The summed E-state index contributed by atoms with van der Waals surface area (Å²) in [6, 6.07) is 6.32. The fourth-order valence-electron chi connectivity index (χ4n) is 13.1. The Balaban J connectivity index is 1.21. The topological polar surface area (TPSA) is 590 Å². The maximum atomic E-state index is 14.8. The number of aliphatic hydroxyl groups excluding tert-OH is 1. The summed E-state index contributed by atoms with van der Waals surface area (Å²) in [7, 11) is 0. The van der Waals surface area contributed by atoms with E-state index < -0.39 is 194 Å². The number of nitrogens with one attached hydrogen (secondary N) is 16. The average molecular weight is 1540 g/mol. The first kappa shape index (κ1) is 85.8. The number of para-hydroxylation sites is 1. The number of primary amides is 1. The molecule has 2 fully saturated rings. The highest BCUT2D eigenvalue weighted by Gasteiger charge is 2.42. The number of hydrogen-bond acceptors (Lipinski definition) is 18. The van der Waals surface area contributed by atoms with Gasteiger partial charge in [-0.25, -0.2) is 4.79 Å². The summed E-state index contributed by atoms with van der Waals surface area (Å²) in [5, 5.41) is 69.8. The van der Waals surface area contributed by atoms with Crippen LogP contribution in [0.1, 0.15) is 121 Å². The Morgan fingerprint density at radius 3 is 1.80 bits per heavy atom. The molecule has 3 heterocycles. The zero-order valence-corrected chi connectivity index (χ0v) is 61.9. The fourth-order valence-corrected chi connectivity index (χ4v) is 13.1. The first-order valence-electron chi connectivity index (χ1n) is 36.6. The van der Waals surface area contributed by atoms with Crippen molar-refractivity contribution in [2.45, 2.75) is 177 Å². The third-order valence-electron chi connectivity index (χ3n) is 18.8. The number of carboxylic acids is 1. The second-order valence-corrected chi connectivity index (χ2v) is 27.0. The third kappa shape index (κ3) is 25.6. The van der Waals surface area contributed by atoms with Crippen molar-refractivity contribution < 1.29 is 82.1 Å². The number of amides is 13. The summed E-state index contributed by atoms with van der Waals surface area (Å²) in [5.41, 5.74) is 21.9. The van der Waals surface area contributed by atoms with Crippen LogP contribution < -0.4 is 86.3 Å². The van der Waals surface area contributed by atoms with Gasteiger partial charge in [-0.1, -0.05) is 91.0 Å². The molecule has 0 spiro atoms. The molecule has 7 rings (SSSR count). The molecule has 2 saturated heterocycles. The summed E-state index contributed by atoms with van der Waals surface area (Å²) in [5.74, 6) is -15.1. The molecule has 37 nitrogen and oxygen atoms in total. The van der Waals surface area contributed by atoms with Crippen LogP contribution in [0, 0.1) is 10.8 Å². The number of hydrogen-bond donors (Lipinski definition) is 21. The number of aromatic nitrogens is 1. The van der Waals surface area contributed by atoms with Crippen molar-refractivity contribution in [1.82, 2.24) is 79.0 Å². The quantitative estimate of drug-likeness (QED) is 0.0144. The van der Waals surface area contributed by atoms with Crippen molar-refractivity contribution in [2.24, 2.45) is 17.2 Å². The highest BCUT2D eigenvalue weighted by atomic mass is 16.5. The van der Waals surface area contributed by atoms with E-state index in [1.165, 1.54) is 19.1 Å². The Morgan fingerprint density at radius 1 is 0.631 bits per heavy atom. The van der Waals surface area contributed by atoms with E-state index in [0.29, 0.717) is 11.2 Å². The molecule has 37 heteroatoms. The van der Waals surface area contributed by atoms with Gasteiger partial charge in [-0.05, 0) is 131 Å². The molecule has 13 amide bonds. The number of rotatable bonds is 25. The number of nitrogens with two attached hydrogens (primary N) is 3. The number of aliphatic hydroxyl groups is 1. The Hall–Kier alpha value is -12.4. The van der Waals surface area contributed by atoms with Gasteiger partial charge in [0.05, 0.1) is 13.0 Å². The van der Waals surface area contributed by atoms with Gasteiger partial charge in [-0.3, -0.25) is 73.1 Å². The number of H-pyrrole nitrogens is 1. The minimum atomic E-state index is -2.03. The number of benzene rings is 3. The molecule has 2 unspecified atom stereocenters. The lowest BCUT2D eigenvalue weighted by molar-refractivity contribution is -0.146. The van der Waals surface area contributed by atoms with Crippen molar-refractivity contribution >= 4 is 106 Å². The number of allylic oxidation sites excluding steroid dienone is 2. The van der Waals surface area contributed by atoms with Gasteiger partial charge in [0.2, 0.25) is 70.9 Å². The lowest BCUT2D eigenvalue weighted by Crippen LogP contribution is -2.61. The molecule has 3 aromatic carbocycles. The summed E-state index contributed by atoms with van der Waals surface area (Å²) < 4.78 is 5.59. The molecule has 1 aliphatic carbocycles. The number of carbonyl (C=O) groups is 14. The van der Waals surface area contributed by atoms with E-state index >= 15 is 0 Å². The van der Waals surface area contributed by atoms with Gasteiger partial charge >= 0.3 is 12.1 Å².